The Morgan fingerprint density at radius 3 is 2.47 bits per heavy atom. The largest absolute Gasteiger partial charge is 0.489 e. The summed E-state index contributed by atoms with van der Waals surface area (Å²) in [4.78, 5) is 17.5. The smallest absolute Gasteiger partial charge is 0.264 e. The van der Waals surface area contributed by atoms with Crippen molar-refractivity contribution in [2.45, 2.75) is 44.8 Å². The zero-order valence-corrected chi connectivity index (χ0v) is 17.1. The van der Waals surface area contributed by atoms with E-state index in [2.05, 4.69) is 4.90 Å². The van der Waals surface area contributed by atoms with E-state index in [4.69, 9.17) is 4.74 Å². The molecule has 2 heterocycles. The topological polar surface area (TPSA) is 32.8 Å². The van der Waals surface area contributed by atoms with Gasteiger partial charge in [0.05, 0.1) is 0 Å². The number of hydrogen-bond acceptors (Lipinski definition) is 3. The third-order valence-electron chi connectivity index (χ3n) is 6.09. The highest BCUT2D eigenvalue weighted by Crippen LogP contribution is 2.26. The molecule has 2 saturated heterocycles. The molecular weight excluding hydrogens is 386 g/mol. The Morgan fingerprint density at radius 2 is 1.73 bits per heavy atom. The normalized spacial score (nSPS) is 19.6. The van der Waals surface area contributed by atoms with Crippen LogP contribution in [0.1, 0.15) is 53.6 Å². The van der Waals surface area contributed by atoms with E-state index in [1.165, 1.54) is 18.9 Å². The van der Waals surface area contributed by atoms with E-state index in [-0.39, 0.29) is 24.1 Å². The molecule has 2 aliphatic heterocycles. The molecule has 2 aliphatic rings. The van der Waals surface area contributed by atoms with Crippen molar-refractivity contribution in [2.75, 3.05) is 26.2 Å². The summed E-state index contributed by atoms with van der Waals surface area (Å²) >= 11 is 0. The zero-order valence-electron chi connectivity index (χ0n) is 17.1. The first kappa shape index (κ1) is 20.8. The average molecular weight is 414 g/mol. The molecule has 0 aromatic heterocycles. The Morgan fingerprint density at radius 1 is 1.00 bits per heavy atom. The first-order chi connectivity index (χ1) is 14.6. The maximum Gasteiger partial charge on any atom is 0.264 e. The minimum atomic E-state index is -2.53. The summed E-state index contributed by atoms with van der Waals surface area (Å²) < 4.78 is 31.9. The van der Waals surface area contributed by atoms with E-state index in [1.807, 2.05) is 4.90 Å². The SMILES string of the molecule is O=C(c1ccc(OCc2ccccc2C(F)F)cc1)N1CCCC1CN1CCCC1. The molecule has 0 spiro atoms. The van der Waals surface area contributed by atoms with Crippen molar-refractivity contribution in [3.63, 3.8) is 0 Å². The first-order valence-corrected chi connectivity index (χ1v) is 10.7. The molecular formula is C24H28F2N2O2. The number of hydrogen-bond donors (Lipinski definition) is 0. The number of amides is 1. The van der Waals surface area contributed by atoms with Crippen molar-refractivity contribution in [1.29, 1.82) is 0 Å². The number of carbonyl (C=O) groups excluding carboxylic acids is 1. The predicted octanol–water partition coefficient (Wildman–Crippen LogP) is 4.90. The molecule has 0 saturated carbocycles. The summed E-state index contributed by atoms with van der Waals surface area (Å²) in [5.41, 5.74) is 1.10. The molecule has 2 aromatic carbocycles. The van der Waals surface area contributed by atoms with Crippen LogP contribution >= 0.6 is 0 Å². The van der Waals surface area contributed by atoms with Gasteiger partial charge >= 0.3 is 0 Å². The van der Waals surface area contributed by atoms with Crippen LogP contribution < -0.4 is 4.74 Å². The molecule has 2 aromatic rings. The second-order valence-corrected chi connectivity index (χ2v) is 8.11. The zero-order chi connectivity index (χ0) is 20.9. The number of benzene rings is 2. The summed E-state index contributed by atoms with van der Waals surface area (Å²) in [7, 11) is 0. The van der Waals surface area contributed by atoms with Gasteiger partial charge in [-0.15, -0.1) is 0 Å². The molecule has 0 bridgehead atoms. The highest BCUT2D eigenvalue weighted by molar-refractivity contribution is 5.94. The minimum Gasteiger partial charge on any atom is -0.489 e. The van der Waals surface area contributed by atoms with Crippen LogP contribution in [0.2, 0.25) is 0 Å². The van der Waals surface area contributed by atoms with Gasteiger partial charge in [0.1, 0.15) is 12.4 Å². The van der Waals surface area contributed by atoms with E-state index in [0.717, 1.165) is 39.0 Å². The van der Waals surface area contributed by atoms with Crippen LogP contribution in [-0.2, 0) is 6.61 Å². The third-order valence-corrected chi connectivity index (χ3v) is 6.09. The van der Waals surface area contributed by atoms with Crippen molar-refractivity contribution < 1.29 is 18.3 Å². The first-order valence-electron chi connectivity index (χ1n) is 10.7. The number of alkyl halides is 2. The molecule has 1 amide bonds. The van der Waals surface area contributed by atoms with Gasteiger partial charge in [0, 0.05) is 30.3 Å². The number of ether oxygens (including phenoxy) is 1. The van der Waals surface area contributed by atoms with Gasteiger partial charge in [-0.25, -0.2) is 8.78 Å². The fourth-order valence-corrected chi connectivity index (χ4v) is 4.46. The Hall–Kier alpha value is -2.47. The Balaban J connectivity index is 1.36. The molecule has 30 heavy (non-hydrogen) atoms. The summed E-state index contributed by atoms with van der Waals surface area (Å²) in [6, 6.07) is 13.7. The van der Waals surface area contributed by atoms with Crippen molar-refractivity contribution >= 4 is 5.91 Å². The number of likely N-dealkylation sites (tertiary alicyclic amines) is 2. The summed E-state index contributed by atoms with van der Waals surface area (Å²) in [6.07, 6.45) is 2.09. The van der Waals surface area contributed by atoms with Gasteiger partial charge in [-0.1, -0.05) is 24.3 Å². The second-order valence-electron chi connectivity index (χ2n) is 8.11. The molecule has 160 valence electrons. The fourth-order valence-electron chi connectivity index (χ4n) is 4.46. The Kier molecular flexibility index (Phi) is 6.62. The van der Waals surface area contributed by atoms with E-state index >= 15 is 0 Å². The van der Waals surface area contributed by atoms with Crippen LogP contribution in [0.4, 0.5) is 8.78 Å². The Bertz CT molecular complexity index is 851. The van der Waals surface area contributed by atoms with Gasteiger partial charge in [0.15, 0.2) is 0 Å². The number of halogens is 2. The van der Waals surface area contributed by atoms with E-state index in [0.29, 0.717) is 16.9 Å². The van der Waals surface area contributed by atoms with Crippen molar-refractivity contribution in [3.8, 4) is 5.75 Å². The van der Waals surface area contributed by atoms with Crippen molar-refractivity contribution in [2.24, 2.45) is 0 Å². The lowest BCUT2D eigenvalue weighted by Gasteiger charge is -2.28. The maximum atomic E-state index is 13.1. The minimum absolute atomic E-state index is 0.0117. The van der Waals surface area contributed by atoms with E-state index in [9.17, 15) is 13.6 Å². The van der Waals surface area contributed by atoms with Crippen LogP contribution in [0.5, 0.6) is 5.75 Å². The number of carbonyl (C=O) groups is 1. The monoisotopic (exact) mass is 414 g/mol. The third kappa shape index (κ3) is 4.81. The molecule has 1 unspecified atom stereocenters. The molecule has 6 heteroatoms. The summed E-state index contributed by atoms with van der Waals surface area (Å²) in [5, 5.41) is 0. The quantitative estimate of drug-likeness (QED) is 0.646. The Labute approximate surface area is 176 Å². The van der Waals surface area contributed by atoms with Gasteiger partial charge in [0.2, 0.25) is 0 Å². The maximum absolute atomic E-state index is 13.1. The van der Waals surface area contributed by atoms with Gasteiger partial charge in [-0.3, -0.25) is 4.79 Å². The van der Waals surface area contributed by atoms with Gasteiger partial charge in [0.25, 0.3) is 12.3 Å². The van der Waals surface area contributed by atoms with Crippen LogP contribution in [0, 0.1) is 0 Å². The predicted molar refractivity (Wildman–Crippen MR) is 112 cm³/mol. The number of nitrogens with zero attached hydrogens (tertiary/aromatic N) is 2. The lowest BCUT2D eigenvalue weighted by Crippen LogP contribution is -2.42. The highest BCUT2D eigenvalue weighted by Gasteiger charge is 2.31. The van der Waals surface area contributed by atoms with Crippen molar-refractivity contribution in [3.05, 3.63) is 65.2 Å². The summed E-state index contributed by atoms with van der Waals surface area (Å²) in [6.45, 7) is 4.12. The molecule has 2 fully saturated rings. The molecule has 0 radical (unpaired) electrons. The highest BCUT2D eigenvalue weighted by atomic mass is 19.3. The lowest BCUT2D eigenvalue weighted by molar-refractivity contribution is 0.0708. The molecule has 0 aliphatic carbocycles. The molecule has 0 N–H and O–H groups in total. The fraction of sp³-hybridized carbons (Fsp3) is 0.458. The number of rotatable bonds is 7. The van der Waals surface area contributed by atoms with E-state index < -0.39 is 6.43 Å². The lowest BCUT2D eigenvalue weighted by atomic mass is 10.1. The molecule has 1 atom stereocenters. The van der Waals surface area contributed by atoms with Crippen LogP contribution in [0.25, 0.3) is 0 Å². The van der Waals surface area contributed by atoms with Crippen LogP contribution in [0.15, 0.2) is 48.5 Å². The van der Waals surface area contributed by atoms with Crippen molar-refractivity contribution in [1.82, 2.24) is 9.80 Å². The standard InChI is InChI=1S/C24H28F2N2O2/c25-23(26)22-8-2-1-6-19(22)17-30-21-11-9-18(10-12-21)24(29)28-15-5-7-20(28)16-27-13-3-4-14-27/h1-2,6,8-12,20,23H,3-5,7,13-17H2. The average Bonchev–Trinajstić information content (AvgIpc) is 3.45. The second kappa shape index (κ2) is 9.56. The van der Waals surface area contributed by atoms with Gasteiger partial charge < -0.3 is 14.5 Å². The van der Waals surface area contributed by atoms with Crippen LogP contribution in [-0.4, -0.2) is 47.9 Å². The van der Waals surface area contributed by atoms with Gasteiger partial charge in [-0.2, -0.15) is 0 Å². The summed E-state index contributed by atoms with van der Waals surface area (Å²) in [5.74, 6) is 0.622. The van der Waals surface area contributed by atoms with E-state index in [1.54, 1.807) is 42.5 Å². The van der Waals surface area contributed by atoms with Gasteiger partial charge in [-0.05, 0) is 68.6 Å². The molecule has 4 rings (SSSR count). The molecule has 4 nitrogen and oxygen atoms in total. The van der Waals surface area contributed by atoms with Crippen LogP contribution in [0.3, 0.4) is 0 Å².